The Morgan fingerprint density at radius 3 is 2.16 bits per heavy atom. The molecule has 1 N–H and O–H groups in total. The van der Waals surface area contributed by atoms with Crippen LogP contribution < -0.4 is 0 Å². The van der Waals surface area contributed by atoms with Gasteiger partial charge >= 0.3 is 0 Å². The molecule has 2 rings (SSSR count). The molecule has 1 aliphatic heterocycles. The molecule has 0 spiro atoms. The fourth-order valence-electron chi connectivity index (χ4n) is 4.00. The third-order valence-corrected chi connectivity index (χ3v) is 5.52. The van der Waals surface area contributed by atoms with Crippen molar-refractivity contribution in [2.24, 2.45) is 16.7 Å². The Morgan fingerprint density at radius 2 is 1.63 bits per heavy atom. The van der Waals surface area contributed by atoms with E-state index in [1.54, 1.807) is 0 Å². The Labute approximate surface area is 119 Å². The summed E-state index contributed by atoms with van der Waals surface area (Å²) in [7, 11) is 0. The first-order valence-electron chi connectivity index (χ1n) is 8.11. The maximum absolute atomic E-state index is 10.1. The highest BCUT2D eigenvalue weighted by atomic mass is 16.3. The minimum Gasteiger partial charge on any atom is -0.393 e. The molecule has 0 bridgehead atoms. The monoisotopic (exact) mass is 267 g/mol. The van der Waals surface area contributed by atoms with Crippen molar-refractivity contribution in [1.29, 1.82) is 0 Å². The number of aliphatic hydroxyl groups is 1. The molecule has 1 saturated heterocycles. The molecule has 1 saturated carbocycles. The minimum absolute atomic E-state index is 0.0708. The van der Waals surface area contributed by atoms with Gasteiger partial charge in [0.1, 0.15) is 0 Å². The van der Waals surface area contributed by atoms with Crippen molar-refractivity contribution in [1.82, 2.24) is 4.90 Å². The molecule has 19 heavy (non-hydrogen) atoms. The highest BCUT2D eigenvalue weighted by molar-refractivity contribution is 4.94. The molecular weight excluding hydrogens is 234 g/mol. The maximum atomic E-state index is 10.1. The van der Waals surface area contributed by atoms with Crippen molar-refractivity contribution in [3.63, 3.8) is 0 Å². The first-order chi connectivity index (χ1) is 8.69. The molecule has 112 valence electrons. The number of nitrogens with zero attached hydrogens (tertiary/aromatic N) is 1. The third-order valence-electron chi connectivity index (χ3n) is 5.52. The van der Waals surface area contributed by atoms with E-state index in [-0.39, 0.29) is 6.10 Å². The summed E-state index contributed by atoms with van der Waals surface area (Å²) in [5.41, 5.74) is 0.874. The molecule has 0 radical (unpaired) electrons. The van der Waals surface area contributed by atoms with Crippen LogP contribution in [0.25, 0.3) is 0 Å². The zero-order valence-corrected chi connectivity index (χ0v) is 13.6. The van der Waals surface area contributed by atoms with E-state index in [0.717, 1.165) is 18.8 Å². The Bertz CT molecular complexity index is 295. The molecule has 1 aliphatic carbocycles. The van der Waals surface area contributed by atoms with Crippen LogP contribution in [0, 0.1) is 16.7 Å². The average Bonchev–Trinajstić information content (AvgIpc) is 2.27. The number of piperidine rings is 1. The molecule has 3 atom stereocenters. The second-order valence-corrected chi connectivity index (χ2v) is 8.71. The average molecular weight is 267 g/mol. The minimum atomic E-state index is -0.0708. The third kappa shape index (κ3) is 3.72. The largest absolute Gasteiger partial charge is 0.393 e. The smallest absolute Gasteiger partial charge is 0.0555 e. The Balaban J connectivity index is 2.06. The normalized spacial score (nSPS) is 37.3. The van der Waals surface area contributed by atoms with Crippen molar-refractivity contribution >= 4 is 0 Å². The molecule has 2 heteroatoms. The topological polar surface area (TPSA) is 23.5 Å². The van der Waals surface area contributed by atoms with Crippen LogP contribution in [0.4, 0.5) is 0 Å². The SMILES string of the molecule is CC1(C)CCN(C2CC(O)CCC2C(C)(C)C)CC1. The van der Waals surface area contributed by atoms with E-state index in [1.807, 2.05) is 0 Å². The van der Waals surface area contributed by atoms with E-state index in [2.05, 4.69) is 39.5 Å². The van der Waals surface area contributed by atoms with Crippen LogP contribution in [0.3, 0.4) is 0 Å². The van der Waals surface area contributed by atoms with Gasteiger partial charge in [0.15, 0.2) is 0 Å². The predicted octanol–water partition coefficient (Wildman–Crippen LogP) is 3.68. The van der Waals surface area contributed by atoms with Crippen LogP contribution >= 0.6 is 0 Å². The number of aliphatic hydroxyl groups excluding tert-OH is 1. The van der Waals surface area contributed by atoms with Crippen LogP contribution in [0.1, 0.15) is 66.7 Å². The lowest BCUT2D eigenvalue weighted by atomic mass is 9.67. The summed E-state index contributed by atoms with van der Waals surface area (Å²) >= 11 is 0. The van der Waals surface area contributed by atoms with Gasteiger partial charge in [-0.25, -0.2) is 0 Å². The quantitative estimate of drug-likeness (QED) is 0.783. The summed E-state index contributed by atoms with van der Waals surface area (Å²) in [5, 5.41) is 10.1. The first-order valence-corrected chi connectivity index (χ1v) is 8.11. The Kier molecular flexibility index (Phi) is 4.32. The number of hydrogen-bond acceptors (Lipinski definition) is 2. The molecule has 2 fully saturated rings. The van der Waals surface area contributed by atoms with E-state index >= 15 is 0 Å². The van der Waals surface area contributed by atoms with Crippen molar-refractivity contribution in [2.75, 3.05) is 13.1 Å². The number of rotatable bonds is 1. The van der Waals surface area contributed by atoms with Gasteiger partial charge in [-0.3, -0.25) is 4.90 Å². The fourth-order valence-corrected chi connectivity index (χ4v) is 4.00. The lowest BCUT2D eigenvalue weighted by Gasteiger charge is -2.50. The molecule has 0 aromatic rings. The van der Waals surface area contributed by atoms with Crippen LogP contribution in [0.2, 0.25) is 0 Å². The fraction of sp³-hybridized carbons (Fsp3) is 1.00. The van der Waals surface area contributed by atoms with Crippen LogP contribution in [-0.2, 0) is 0 Å². The van der Waals surface area contributed by atoms with Crippen molar-refractivity contribution in [3.8, 4) is 0 Å². The van der Waals surface area contributed by atoms with Gasteiger partial charge in [0.25, 0.3) is 0 Å². The Morgan fingerprint density at radius 1 is 1.05 bits per heavy atom. The zero-order valence-electron chi connectivity index (χ0n) is 13.6. The highest BCUT2D eigenvalue weighted by Gasteiger charge is 2.41. The van der Waals surface area contributed by atoms with Gasteiger partial charge in [0.2, 0.25) is 0 Å². The summed E-state index contributed by atoms with van der Waals surface area (Å²) in [6.07, 6.45) is 5.71. The van der Waals surface area contributed by atoms with Crippen molar-refractivity contribution < 1.29 is 5.11 Å². The van der Waals surface area contributed by atoms with Crippen molar-refractivity contribution in [3.05, 3.63) is 0 Å². The summed E-state index contributed by atoms with van der Waals surface area (Å²) in [6.45, 7) is 14.3. The van der Waals surface area contributed by atoms with E-state index in [4.69, 9.17) is 0 Å². The lowest BCUT2D eigenvalue weighted by molar-refractivity contribution is -0.0302. The van der Waals surface area contributed by atoms with E-state index in [9.17, 15) is 5.11 Å². The van der Waals surface area contributed by atoms with E-state index < -0.39 is 0 Å². The number of likely N-dealkylation sites (tertiary alicyclic amines) is 1. The van der Waals surface area contributed by atoms with Gasteiger partial charge in [-0.15, -0.1) is 0 Å². The van der Waals surface area contributed by atoms with Crippen LogP contribution in [-0.4, -0.2) is 35.2 Å². The van der Waals surface area contributed by atoms with Crippen LogP contribution in [0.15, 0.2) is 0 Å². The predicted molar refractivity (Wildman–Crippen MR) is 81.2 cm³/mol. The molecule has 2 nitrogen and oxygen atoms in total. The molecule has 1 heterocycles. The number of hydrogen-bond donors (Lipinski definition) is 1. The van der Waals surface area contributed by atoms with Gasteiger partial charge in [-0.2, -0.15) is 0 Å². The molecule has 0 amide bonds. The van der Waals surface area contributed by atoms with Gasteiger partial charge in [-0.05, 0) is 61.9 Å². The summed E-state index contributed by atoms with van der Waals surface area (Å²) < 4.78 is 0. The summed E-state index contributed by atoms with van der Waals surface area (Å²) in [6, 6.07) is 0.597. The van der Waals surface area contributed by atoms with Gasteiger partial charge in [0, 0.05) is 6.04 Å². The summed E-state index contributed by atoms with van der Waals surface area (Å²) in [5.74, 6) is 0.733. The second kappa shape index (κ2) is 5.37. The van der Waals surface area contributed by atoms with Gasteiger partial charge in [-0.1, -0.05) is 34.6 Å². The standard InChI is InChI=1S/C17H33NO/c1-16(2,3)14-7-6-13(19)12-15(14)18-10-8-17(4,5)9-11-18/h13-15,19H,6-12H2,1-5H3. The molecular formula is C17H33NO. The Hall–Kier alpha value is -0.0800. The molecule has 0 aromatic heterocycles. The lowest BCUT2D eigenvalue weighted by Crippen LogP contribution is -2.52. The second-order valence-electron chi connectivity index (χ2n) is 8.71. The first kappa shape index (κ1) is 15.3. The van der Waals surface area contributed by atoms with Crippen molar-refractivity contribution in [2.45, 2.75) is 78.9 Å². The zero-order chi connectivity index (χ0) is 14.3. The van der Waals surface area contributed by atoms with E-state index in [0.29, 0.717) is 16.9 Å². The van der Waals surface area contributed by atoms with Crippen LogP contribution in [0.5, 0.6) is 0 Å². The van der Waals surface area contributed by atoms with Gasteiger partial charge in [0.05, 0.1) is 6.10 Å². The summed E-state index contributed by atoms with van der Waals surface area (Å²) in [4.78, 5) is 2.68. The van der Waals surface area contributed by atoms with E-state index in [1.165, 1.54) is 32.4 Å². The molecule has 0 aromatic carbocycles. The molecule has 2 aliphatic rings. The van der Waals surface area contributed by atoms with Gasteiger partial charge < -0.3 is 5.11 Å². The maximum Gasteiger partial charge on any atom is 0.0555 e. The highest BCUT2D eigenvalue weighted by Crippen LogP contribution is 2.42. The molecule has 3 unspecified atom stereocenters.